The summed E-state index contributed by atoms with van der Waals surface area (Å²) in [6, 6.07) is 3.55. The van der Waals surface area contributed by atoms with Gasteiger partial charge in [-0.2, -0.15) is 0 Å². The van der Waals surface area contributed by atoms with Crippen LogP contribution in [-0.4, -0.2) is 6.54 Å². The van der Waals surface area contributed by atoms with E-state index >= 15 is 0 Å². The molecule has 0 aliphatic heterocycles. The van der Waals surface area contributed by atoms with Crippen molar-refractivity contribution in [3.8, 4) is 0 Å². The fourth-order valence-corrected chi connectivity index (χ4v) is 1.25. The molecule has 0 aliphatic rings. The van der Waals surface area contributed by atoms with E-state index in [2.05, 4.69) is 5.32 Å². The summed E-state index contributed by atoms with van der Waals surface area (Å²) in [7, 11) is 0. The molecule has 1 N–H and O–H groups in total. The van der Waals surface area contributed by atoms with Gasteiger partial charge in [-0.15, -0.1) is 0 Å². The second-order valence-corrected chi connectivity index (χ2v) is 2.98. The number of halogens is 2. The van der Waals surface area contributed by atoms with Crippen molar-refractivity contribution < 1.29 is 8.78 Å². The zero-order chi connectivity index (χ0) is 9.84. The van der Waals surface area contributed by atoms with E-state index in [0.717, 1.165) is 12.6 Å². The van der Waals surface area contributed by atoms with Gasteiger partial charge in [-0.05, 0) is 31.2 Å². The molecule has 0 saturated heterocycles. The lowest BCUT2D eigenvalue weighted by Crippen LogP contribution is -2.17. The van der Waals surface area contributed by atoms with Crippen molar-refractivity contribution in [2.45, 2.75) is 19.9 Å². The molecule has 0 aliphatic carbocycles. The number of nitrogens with one attached hydrogen (secondary N) is 1. The highest BCUT2D eigenvalue weighted by atomic mass is 19.1. The summed E-state index contributed by atoms with van der Waals surface area (Å²) in [5, 5.41) is 3.08. The molecule has 1 aromatic carbocycles. The van der Waals surface area contributed by atoms with Crippen molar-refractivity contribution in [1.82, 2.24) is 5.32 Å². The highest BCUT2D eigenvalue weighted by Gasteiger charge is 2.06. The Morgan fingerprint density at radius 3 is 2.23 bits per heavy atom. The Morgan fingerprint density at radius 1 is 1.23 bits per heavy atom. The molecule has 0 heterocycles. The van der Waals surface area contributed by atoms with Crippen LogP contribution in [0.2, 0.25) is 0 Å². The van der Waals surface area contributed by atoms with Gasteiger partial charge in [0.25, 0.3) is 0 Å². The van der Waals surface area contributed by atoms with Crippen LogP contribution in [0.5, 0.6) is 0 Å². The van der Waals surface area contributed by atoms with Crippen LogP contribution in [0.15, 0.2) is 18.2 Å². The standard InChI is InChI=1S/C10H13F2N/c1-3-13-7(2)8-4-9(11)6-10(12)5-8/h4-7,13H,3H2,1-2H3/t7-/m1/s1. The van der Waals surface area contributed by atoms with E-state index in [1.54, 1.807) is 0 Å². The number of hydrogen-bond acceptors (Lipinski definition) is 1. The zero-order valence-corrected chi connectivity index (χ0v) is 7.77. The molecule has 0 unspecified atom stereocenters. The van der Waals surface area contributed by atoms with Crippen LogP contribution >= 0.6 is 0 Å². The summed E-state index contributed by atoms with van der Waals surface area (Å²) in [4.78, 5) is 0. The third-order valence-electron chi connectivity index (χ3n) is 1.90. The minimum atomic E-state index is -0.528. The first-order valence-electron chi connectivity index (χ1n) is 4.33. The average Bonchev–Trinajstić information content (AvgIpc) is 2.03. The monoisotopic (exact) mass is 185 g/mol. The van der Waals surface area contributed by atoms with Crippen molar-refractivity contribution in [1.29, 1.82) is 0 Å². The van der Waals surface area contributed by atoms with E-state index < -0.39 is 11.6 Å². The maximum atomic E-state index is 12.8. The summed E-state index contributed by atoms with van der Waals surface area (Å²) in [6.07, 6.45) is 0. The van der Waals surface area contributed by atoms with Crippen LogP contribution in [0, 0.1) is 11.6 Å². The minimum absolute atomic E-state index is 0.0183. The van der Waals surface area contributed by atoms with Gasteiger partial charge in [-0.3, -0.25) is 0 Å². The van der Waals surface area contributed by atoms with Crippen LogP contribution in [0.3, 0.4) is 0 Å². The highest BCUT2D eigenvalue weighted by Crippen LogP contribution is 2.15. The highest BCUT2D eigenvalue weighted by molar-refractivity contribution is 5.20. The van der Waals surface area contributed by atoms with Crippen molar-refractivity contribution >= 4 is 0 Å². The quantitative estimate of drug-likeness (QED) is 0.763. The molecule has 72 valence electrons. The lowest BCUT2D eigenvalue weighted by atomic mass is 10.1. The van der Waals surface area contributed by atoms with Gasteiger partial charge in [0.15, 0.2) is 0 Å². The van der Waals surface area contributed by atoms with Gasteiger partial charge in [0.05, 0.1) is 0 Å². The van der Waals surface area contributed by atoms with Crippen molar-refractivity contribution in [2.75, 3.05) is 6.54 Å². The molecule has 1 rings (SSSR count). The summed E-state index contributed by atoms with van der Waals surface area (Å²) < 4.78 is 25.5. The molecular formula is C10H13F2N. The third kappa shape index (κ3) is 2.77. The van der Waals surface area contributed by atoms with E-state index in [0.29, 0.717) is 5.56 Å². The maximum Gasteiger partial charge on any atom is 0.126 e. The van der Waals surface area contributed by atoms with Gasteiger partial charge in [0.2, 0.25) is 0 Å². The molecule has 0 aromatic heterocycles. The molecule has 0 amide bonds. The Balaban J connectivity index is 2.87. The second kappa shape index (κ2) is 4.33. The first-order chi connectivity index (χ1) is 6.13. The number of rotatable bonds is 3. The average molecular weight is 185 g/mol. The molecule has 1 aromatic rings. The molecule has 0 fully saturated rings. The lowest BCUT2D eigenvalue weighted by Gasteiger charge is -2.12. The Labute approximate surface area is 76.8 Å². The minimum Gasteiger partial charge on any atom is -0.310 e. The summed E-state index contributed by atoms with van der Waals surface area (Å²) >= 11 is 0. The van der Waals surface area contributed by atoms with Gasteiger partial charge in [-0.25, -0.2) is 8.78 Å². The van der Waals surface area contributed by atoms with Crippen molar-refractivity contribution in [3.63, 3.8) is 0 Å². The fourth-order valence-electron chi connectivity index (χ4n) is 1.25. The molecular weight excluding hydrogens is 172 g/mol. The number of benzene rings is 1. The van der Waals surface area contributed by atoms with Gasteiger partial charge in [0, 0.05) is 12.1 Å². The topological polar surface area (TPSA) is 12.0 Å². The van der Waals surface area contributed by atoms with Gasteiger partial charge in [0.1, 0.15) is 11.6 Å². The maximum absolute atomic E-state index is 12.8. The predicted molar refractivity (Wildman–Crippen MR) is 48.4 cm³/mol. The molecule has 0 saturated carbocycles. The van der Waals surface area contributed by atoms with Crippen LogP contribution in [0.25, 0.3) is 0 Å². The smallest absolute Gasteiger partial charge is 0.126 e. The normalized spacial score (nSPS) is 12.9. The molecule has 0 radical (unpaired) electrons. The summed E-state index contributed by atoms with van der Waals surface area (Å²) in [5.41, 5.74) is 0.638. The molecule has 1 nitrogen and oxygen atoms in total. The van der Waals surface area contributed by atoms with E-state index in [9.17, 15) is 8.78 Å². The van der Waals surface area contributed by atoms with E-state index in [1.807, 2.05) is 13.8 Å². The summed E-state index contributed by atoms with van der Waals surface area (Å²) in [5.74, 6) is -1.06. The molecule has 13 heavy (non-hydrogen) atoms. The SMILES string of the molecule is CCN[C@H](C)c1cc(F)cc(F)c1. The van der Waals surface area contributed by atoms with E-state index in [-0.39, 0.29) is 6.04 Å². The lowest BCUT2D eigenvalue weighted by molar-refractivity contribution is 0.555. The van der Waals surface area contributed by atoms with Gasteiger partial charge < -0.3 is 5.32 Å². The van der Waals surface area contributed by atoms with Crippen molar-refractivity contribution in [2.24, 2.45) is 0 Å². The Kier molecular flexibility index (Phi) is 3.37. The van der Waals surface area contributed by atoms with Crippen LogP contribution in [-0.2, 0) is 0 Å². The molecule has 1 atom stereocenters. The van der Waals surface area contributed by atoms with Crippen LogP contribution in [0.1, 0.15) is 25.5 Å². The molecule has 0 spiro atoms. The molecule has 3 heteroatoms. The number of hydrogen-bond donors (Lipinski definition) is 1. The zero-order valence-electron chi connectivity index (χ0n) is 7.77. The summed E-state index contributed by atoms with van der Waals surface area (Å²) in [6.45, 7) is 4.60. The Morgan fingerprint density at radius 2 is 1.77 bits per heavy atom. The van der Waals surface area contributed by atoms with Crippen LogP contribution in [0.4, 0.5) is 8.78 Å². The van der Waals surface area contributed by atoms with Gasteiger partial charge in [-0.1, -0.05) is 6.92 Å². The van der Waals surface area contributed by atoms with Crippen LogP contribution < -0.4 is 5.32 Å². The Bertz CT molecular complexity index is 266. The Hall–Kier alpha value is -0.960. The van der Waals surface area contributed by atoms with Gasteiger partial charge >= 0.3 is 0 Å². The second-order valence-electron chi connectivity index (χ2n) is 2.98. The van der Waals surface area contributed by atoms with E-state index in [1.165, 1.54) is 12.1 Å². The first-order valence-corrected chi connectivity index (χ1v) is 4.33. The fraction of sp³-hybridized carbons (Fsp3) is 0.400. The van der Waals surface area contributed by atoms with Crippen molar-refractivity contribution in [3.05, 3.63) is 35.4 Å². The molecule has 0 bridgehead atoms. The third-order valence-corrected chi connectivity index (χ3v) is 1.90. The largest absolute Gasteiger partial charge is 0.310 e. The predicted octanol–water partition coefficient (Wildman–Crippen LogP) is 2.64. The van der Waals surface area contributed by atoms with E-state index in [4.69, 9.17) is 0 Å². The first kappa shape index (κ1) is 10.1.